The molecule has 0 saturated carbocycles. The van der Waals surface area contributed by atoms with Gasteiger partial charge in [-0.1, -0.05) is 18.2 Å². The SMILES string of the molecule is CCOC(=O)C1=C(C)N(Cc2ccc(F)cc2F)C(=O)CC1c1cccc([N+](=O)[O-])c1. The fourth-order valence-electron chi connectivity index (χ4n) is 3.64. The Hall–Kier alpha value is -3.62. The number of ether oxygens (including phenoxy) is 1. The maximum absolute atomic E-state index is 14.1. The lowest BCUT2D eigenvalue weighted by atomic mass is 9.83. The Morgan fingerprint density at radius 2 is 2.00 bits per heavy atom. The minimum absolute atomic E-state index is 0.0890. The number of carbonyl (C=O) groups excluding carboxylic acids is 2. The number of halogens is 2. The number of non-ortho nitro benzene ring substituents is 1. The second kappa shape index (κ2) is 9.03. The van der Waals surface area contributed by atoms with Crippen molar-refractivity contribution in [2.24, 2.45) is 0 Å². The second-order valence-corrected chi connectivity index (χ2v) is 7.04. The summed E-state index contributed by atoms with van der Waals surface area (Å²) in [6, 6.07) is 8.77. The van der Waals surface area contributed by atoms with E-state index in [1.807, 2.05) is 0 Å². The van der Waals surface area contributed by atoms with Crippen LogP contribution in [0.25, 0.3) is 0 Å². The summed E-state index contributed by atoms with van der Waals surface area (Å²) in [5.74, 6) is -3.35. The van der Waals surface area contributed by atoms with Crippen LogP contribution >= 0.6 is 0 Å². The average Bonchev–Trinajstić information content (AvgIpc) is 2.72. The van der Waals surface area contributed by atoms with Gasteiger partial charge in [0, 0.05) is 41.8 Å². The van der Waals surface area contributed by atoms with Gasteiger partial charge in [-0.05, 0) is 25.5 Å². The monoisotopic (exact) mass is 430 g/mol. The summed E-state index contributed by atoms with van der Waals surface area (Å²) in [5, 5.41) is 11.2. The van der Waals surface area contributed by atoms with Crippen LogP contribution in [0.2, 0.25) is 0 Å². The maximum Gasteiger partial charge on any atom is 0.336 e. The fraction of sp³-hybridized carbons (Fsp3) is 0.273. The number of carbonyl (C=O) groups is 2. The quantitative estimate of drug-likeness (QED) is 0.389. The van der Waals surface area contributed by atoms with Crippen LogP contribution in [-0.2, 0) is 20.9 Å². The van der Waals surface area contributed by atoms with Gasteiger partial charge in [0.15, 0.2) is 0 Å². The van der Waals surface area contributed by atoms with Crippen LogP contribution in [0.4, 0.5) is 14.5 Å². The van der Waals surface area contributed by atoms with Gasteiger partial charge < -0.3 is 9.64 Å². The lowest BCUT2D eigenvalue weighted by molar-refractivity contribution is -0.384. The van der Waals surface area contributed by atoms with Crippen molar-refractivity contribution in [2.45, 2.75) is 32.7 Å². The molecule has 162 valence electrons. The molecule has 1 heterocycles. The Morgan fingerprint density at radius 3 is 2.65 bits per heavy atom. The molecule has 3 rings (SSSR count). The first-order valence-corrected chi connectivity index (χ1v) is 9.59. The number of nitro groups is 1. The molecule has 0 N–H and O–H groups in total. The van der Waals surface area contributed by atoms with Gasteiger partial charge in [-0.2, -0.15) is 0 Å². The predicted molar refractivity (Wildman–Crippen MR) is 107 cm³/mol. The van der Waals surface area contributed by atoms with Crippen molar-refractivity contribution in [3.8, 4) is 0 Å². The predicted octanol–water partition coefficient (Wildman–Crippen LogP) is 4.23. The summed E-state index contributed by atoms with van der Waals surface area (Å²) in [4.78, 5) is 37.5. The number of rotatable bonds is 6. The standard InChI is InChI=1S/C22H20F2N2O5/c1-3-31-22(28)21-13(2)25(12-15-7-8-16(23)10-19(15)24)20(27)11-18(21)14-5-4-6-17(9-14)26(29)30/h4-10,18H,3,11-12H2,1-2H3. The molecule has 1 aliphatic heterocycles. The smallest absolute Gasteiger partial charge is 0.336 e. The van der Waals surface area contributed by atoms with Crippen LogP contribution in [0.1, 0.15) is 37.3 Å². The highest BCUT2D eigenvalue weighted by molar-refractivity contribution is 5.95. The largest absolute Gasteiger partial charge is 0.463 e. The van der Waals surface area contributed by atoms with E-state index in [1.165, 1.54) is 36.1 Å². The number of benzene rings is 2. The van der Waals surface area contributed by atoms with Crippen molar-refractivity contribution in [3.05, 3.63) is 86.6 Å². The third kappa shape index (κ3) is 4.60. The maximum atomic E-state index is 14.1. The van der Waals surface area contributed by atoms with Crippen LogP contribution in [-0.4, -0.2) is 28.3 Å². The average molecular weight is 430 g/mol. The van der Waals surface area contributed by atoms with Gasteiger partial charge in [0.1, 0.15) is 11.6 Å². The number of nitrogens with zero attached hydrogens (tertiary/aromatic N) is 2. The molecular formula is C22H20F2N2O5. The molecule has 2 aromatic rings. The molecule has 31 heavy (non-hydrogen) atoms. The summed E-state index contributed by atoms with van der Waals surface area (Å²) in [7, 11) is 0. The van der Waals surface area contributed by atoms with Gasteiger partial charge >= 0.3 is 5.97 Å². The topological polar surface area (TPSA) is 89.8 Å². The fourth-order valence-corrected chi connectivity index (χ4v) is 3.64. The van der Waals surface area contributed by atoms with E-state index in [2.05, 4.69) is 0 Å². The Bertz CT molecular complexity index is 1080. The number of amides is 1. The van der Waals surface area contributed by atoms with E-state index >= 15 is 0 Å². The molecule has 0 bridgehead atoms. The minimum Gasteiger partial charge on any atom is -0.463 e. The summed E-state index contributed by atoms with van der Waals surface area (Å²) in [5.41, 5.74) is 0.782. The molecule has 1 unspecified atom stereocenters. The number of hydrogen-bond acceptors (Lipinski definition) is 5. The van der Waals surface area contributed by atoms with E-state index in [-0.39, 0.29) is 42.1 Å². The first kappa shape index (κ1) is 22.1. The Labute approximate surface area is 177 Å². The van der Waals surface area contributed by atoms with Crippen LogP contribution in [0.15, 0.2) is 53.7 Å². The summed E-state index contributed by atoms with van der Waals surface area (Å²) in [6.07, 6.45) is -0.157. The van der Waals surface area contributed by atoms with E-state index in [9.17, 15) is 28.5 Å². The van der Waals surface area contributed by atoms with Crippen molar-refractivity contribution in [1.29, 1.82) is 0 Å². The van der Waals surface area contributed by atoms with E-state index in [0.717, 1.165) is 12.1 Å². The Balaban J connectivity index is 2.06. The number of esters is 1. The molecule has 0 saturated heterocycles. The molecule has 0 aliphatic carbocycles. The Kier molecular flexibility index (Phi) is 6.43. The molecule has 1 aliphatic rings. The molecule has 0 fully saturated rings. The summed E-state index contributed by atoms with van der Waals surface area (Å²) < 4.78 is 32.5. The van der Waals surface area contributed by atoms with Gasteiger partial charge in [0.25, 0.3) is 5.69 Å². The Morgan fingerprint density at radius 1 is 1.26 bits per heavy atom. The number of allylic oxidation sites excluding steroid dienone is 1. The molecule has 2 aromatic carbocycles. The lowest BCUT2D eigenvalue weighted by Gasteiger charge is -2.34. The molecule has 7 nitrogen and oxygen atoms in total. The van der Waals surface area contributed by atoms with Crippen molar-refractivity contribution in [3.63, 3.8) is 0 Å². The van der Waals surface area contributed by atoms with Gasteiger partial charge in [0.2, 0.25) is 5.91 Å². The molecular weight excluding hydrogens is 410 g/mol. The lowest BCUT2D eigenvalue weighted by Crippen LogP contribution is -2.38. The highest BCUT2D eigenvalue weighted by atomic mass is 19.1. The van der Waals surface area contributed by atoms with E-state index < -0.39 is 34.4 Å². The zero-order valence-corrected chi connectivity index (χ0v) is 16.9. The normalized spacial score (nSPS) is 16.5. The zero-order valence-electron chi connectivity index (χ0n) is 16.9. The first-order chi connectivity index (χ1) is 14.7. The van der Waals surface area contributed by atoms with Gasteiger partial charge in [0.05, 0.1) is 23.6 Å². The summed E-state index contributed by atoms with van der Waals surface area (Å²) >= 11 is 0. The zero-order chi connectivity index (χ0) is 22.7. The molecule has 1 atom stereocenters. The van der Waals surface area contributed by atoms with E-state index in [1.54, 1.807) is 13.0 Å². The molecule has 9 heteroatoms. The van der Waals surface area contributed by atoms with Gasteiger partial charge in [-0.25, -0.2) is 13.6 Å². The highest BCUT2D eigenvalue weighted by Crippen LogP contribution is 2.38. The van der Waals surface area contributed by atoms with E-state index in [0.29, 0.717) is 5.56 Å². The molecule has 0 aromatic heterocycles. The highest BCUT2D eigenvalue weighted by Gasteiger charge is 2.37. The van der Waals surface area contributed by atoms with Crippen LogP contribution in [0.5, 0.6) is 0 Å². The van der Waals surface area contributed by atoms with Crippen molar-refractivity contribution in [1.82, 2.24) is 4.90 Å². The van der Waals surface area contributed by atoms with Gasteiger partial charge in [-0.15, -0.1) is 0 Å². The van der Waals surface area contributed by atoms with Crippen molar-refractivity contribution < 1.29 is 28.0 Å². The van der Waals surface area contributed by atoms with Crippen molar-refractivity contribution in [2.75, 3.05) is 6.61 Å². The minimum atomic E-state index is -0.806. The third-order valence-corrected chi connectivity index (χ3v) is 5.15. The van der Waals surface area contributed by atoms with Crippen LogP contribution < -0.4 is 0 Å². The van der Waals surface area contributed by atoms with Crippen LogP contribution in [0.3, 0.4) is 0 Å². The summed E-state index contributed by atoms with van der Waals surface area (Å²) in [6.45, 7) is 3.07. The molecule has 1 amide bonds. The van der Waals surface area contributed by atoms with Crippen molar-refractivity contribution >= 4 is 17.6 Å². The molecule has 0 spiro atoms. The number of nitro benzene ring substituents is 1. The van der Waals surface area contributed by atoms with E-state index in [4.69, 9.17) is 4.74 Å². The first-order valence-electron chi connectivity index (χ1n) is 9.59. The number of hydrogen-bond donors (Lipinski definition) is 0. The third-order valence-electron chi connectivity index (χ3n) is 5.15. The van der Waals surface area contributed by atoms with Gasteiger partial charge in [-0.3, -0.25) is 14.9 Å². The second-order valence-electron chi connectivity index (χ2n) is 7.04. The van der Waals surface area contributed by atoms with Crippen LogP contribution in [0, 0.1) is 21.7 Å². The molecule has 0 radical (unpaired) electrons.